The van der Waals surface area contributed by atoms with Crippen LogP contribution in [0, 0.1) is 13.8 Å². The molecule has 0 aliphatic carbocycles. The second-order valence-electron chi connectivity index (χ2n) is 6.87. The average molecular weight is 386 g/mol. The van der Waals surface area contributed by atoms with Crippen LogP contribution in [0.1, 0.15) is 58.5 Å². The molecule has 2 rings (SSSR count). The third-order valence-corrected chi connectivity index (χ3v) is 4.06. The molecule has 2 atom stereocenters. The van der Waals surface area contributed by atoms with E-state index in [4.69, 9.17) is 19.6 Å². The van der Waals surface area contributed by atoms with Gasteiger partial charge in [0.05, 0.1) is 11.1 Å². The van der Waals surface area contributed by atoms with Crippen LogP contribution in [-0.4, -0.2) is 24.1 Å². The molecule has 0 N–H and O–H groups in total. The van der Waals surface area contributed by atoms with E-state index in [1.54, 1.807) is 50.2 Å². The minimum Gasteiger partial charge on any atom is -0.293 e. The van der Waals surface area contributed by atoms with Gasteiger partial charge in [-0.2, -0.15) is 9.78 Å². The van der Waals surface area contributed by atoms with E-state index in [-0.39, 0.29) is 12.2 Å². The third-order valence-electron chi connectivity index (χ3n) is 4.06. The second-order valence-corrected chi connectivity index (χ2v) is 6.87. The van der Waals surface area contributed by atoms with Crippen LogP contribution in [0.4, 0.5) is 0 Å². The summed E-state index contributed by atoms with van der Waals surface area (Å²) in [5, 5.41) is 0. The van der Waals surface area contributed by atoms with E-state index in [0.29, 0.717) is 24.0 Å². The molecule has 2 aromatic carbocycles. The topological polar surface area (TPSA) is 71.1 Å². The van der Waals surface area contributed by atoms with E-state index < -0.39 is 11.9 Å². The van der Waals surface area contributed by atoms with Crippen molar-refractivity contribution in [3.05, 3.63) is 70.8 Å². The van der Waals surface area contributed by atoms with E-state index in [2.05, 4.69) is 0 Å². The van der Waals surface area contributed by atoms with Gasteiger partial charge >= 0.3 is 11.9 Å². The molecule has 0 aromatic heterocycles. The molecule has 0 saturated heterocycles. The van der Waals surface area contributed by atoms with Crippen LogP contribution >= 0.6 is 0 Å². The molecule has 6 nitrogen and oxygen atoms in total. The average Bonchev–Trinajstić information content (AvgIpc) is 2.68. The zero-order valence-corrected chi connectivity index (χ0v) is 16.6. The fraction of sp³-hybridized carbons (Fsp3) is 0.364. The molecular weight excluding hydrogens is 360 g/mol. The van der Waals surface area contributed by atoms with Crippen molar-refractivity contribution in [2.24, 2.45) is 0 Å². The number of hydrogen-bond acceptors (Lipinski definition) is 6. The lowest BCUT2D eigenvalue weighted by Crippen LogP contribution is -2.18. The number of rotatable bonds is 9. The normalized spacial score (nSPS) is 12.9. The molecule has 0 radical (unpaired) electrons. The second kappa shape index (κ2) is 10.6. The molecular formula is C22H26O6. The Morgan fingerprint density at radius 2 is 1.14 bits per heavy atom. The Kier molecular flexibility index (Phi) is 8.17. The molecule has 2 unspecified atom stereocenters. The molecule has 0 saturated carbocycles. The first-order valence-electron chi connectivity index (χ1n) is 9.24. The van der Waals surface area contributed by atoms with E-state index in [1.165, 1.54) is 0 Å². The zero-order chi connectivity index (χ0) is 20.5. The summed E-state index contributed by atoms with van der Waals surface area (Å²) >= 11 is 0. The largest absolute Gasteiger partial charge is 0.373 e. The fourth-order valence-electron chi connectivity index (χ4n) is 2.46. The Morgan fingerprint density at radius 1 is 0.750 bits per heavy atom. The van der Waals surface area contributed by atoms with Crippen LogP contribution < -0.4 is 0 Å². The van der Waals surface area contributed by atoms with E-state index >= 15 is 0 Å². The summed E-state index contributed by atoms with van der Waals surface area (Å²) in [7, 11) is 0. The molecule has 0 spiro atoms. The Morgan fingerprint density at radius 3 is 1.50 bits per heavy atom. The van der Waals surface area contributed by atoms with Gasteiger partial charge in [-0.15, -0.1) is 0 Å². The summed E-state index contributed by atoms with van der Waals surface area (Å²) in [6.07, 6.45) is 0.466. The van der Waals surface area contributed by atoms with Gasteiger partial charge in [-0.1, -0.05) is 35.4 Å². The molecule has 28 heavy (non-hydrogen) atoms. The van der Waals surface area contributed by atoms with Crippen LogP contribution in [0.3, 0.4) is 0 Å². The highest BCUT2D eigenvalue weighted by Crippen LogP contribution is 2.12. The molecule has 0 amide bonds. The van der Waals surface area contributed by atoms with Crippen LogP contribution in [0.2, 0.25) is 0 Å². The Labute approximate surface area is 165 Å². The van der Waals surface area contributed by atoms with Crippen LogP contribution in [-0.2, 0) is 19.6 Å². The van der Waals surface area contributed by atoms with Gasteiger partial charge in [-0.3, -0.25) is 9.78 Å². The molecule has 0 aliphatic rings. The Bertz CT molecular complexity index is 734. The quantitative estimate of drug-likeness (QED) is 0.458. The highest BCUT2D eigenvalue weighted by atomic mass is 17.2. The molecule has 150 valence electrons. The highest BCUT2D eigenvalue weighted by Gasteiger charge is 2.15. The SMILES string of the molecule is Cc1cccc(C(=O)OOC(C)CCC(C)OOC(=O)c2cccc(C)c2)c1. The lowest BCUT2D eigenvalue weighted by Gasteiger charge is -2.15. The number of carbonyl (C=O) groups excluding carboxylic acids is 2. The lowest BCUT2D eigenvalue weighted by atomic mass is 10.1. The first kappa shape index (κ1) is 21.6. The van der Waals surface area contributed by atoms with Crippen molar-refractivity contribution in [2.45, 2.75) is 52.7 Å². The first-order valence-corrected chi connectivity index (χ1v) is 9.24. The predicted octanol–water partition coefficient (Wildman–Crippen LogP) is 4.74. The van der Waals surface area contributed by atoms with Gasteiger partial charge in [0.25, 0.3) is 0 Å². The zero-order valence-electron chi connectivity index (χ0n) is 16.6. The van der Waals surface area contributed by atoms with Gasteiger partial charge in [0.1, 0.15) is 12.2 Å². The van der Waals surface area contributed by atoms with Crippen molar-refractivity contribution in [3.8, 4) is 0 Å². The molecule has 0 bridgehead atoms. The van der Waals surface area contributed by atoms with Crippen LogP contribution in [0.25, 0.3) is 0 Å². The van der Waals surface area contributed by atoms with E-state index in [0.717, 1.165) is 11.1 Å². The monoisotopic (exact) mass is 386 g/mol. The maximum Gasteiger partial charge on any atom is 0.373 e. The van der Waals surface area contributed by atoms with E-state index in [9.17, 15) is 9.59 Å². The van der Waals surface area contributed by atoms with Gasteiger partial charge in [-0.25, -0.2) is 9.59 Å². The predicted molar refractivity (Wildman–Crippen MR) is 104 cm³/mol. The Balaban J connectivity index is 1.67. The van der Waals surface area contributed by atoms with Crippen molar-refractivity contribution in [1.29, 1.82) is 0 Å². The number of hydrogen-bond donors (Lipinski definition) is 0. The van der Waals surface area contributed by atoms with Crippen molar-refractivity contribution in [3.63, 3.8) is 0 Å². The molecule has 0 fully saturated rings. The molecule has 6 heteroatoms. The molecule has 2 aromatic rings. The molecule has 0 aliphatic heterocycles. The third kappa shape index (κ3) is 7.13. The van der Waals surface area contributed by atoms with Crippen molar-refractivity contribution in [1.82, 2.24) is 0 Å². The maximum atomic E-state index is 11.9. The lowest BCUT2D eigenvalue weighted by molar-refractivity contribution is -0.284. The summed E-state index contributed by atoms with van der Waals surface area (Å²) in [4.78, 5) is 43.9. The van der Waals surface area contributed by atoms with Gasteiger partial charge in [0.2, 0.25) is 0 Å². The van der Waals surface area contributed by atoms with Crippen LogP contribution in [0.5, 0.6) is 0 Å². The maximum absolute atomic E-state index is 11.9. The number of carbonyl (C=O) groups is 2. The van der Waals surface area contributed by atoms with Gasteiger partial charge < -0.3 is 0 Å². The number of aryl methyl sites for hydroxylation is 2. The smallest absolute Gasteiger partial charge is 0.293 e. The fourth-order valence-corrected chi connectivity index (χ4v) is 2.46. The minimum atomic E-state index is -0.535. The first-order chi connectivity index (χ1) is 13.3. The van der Waals surface area contributed by atoms with Gasteiger partial charge in [0, 0.05) is 0 Å². The van der Waals surface area contributed by atoms with E-state index in [1.807, 2.05) is 26.0 Å². The summed E-state index contributed by atoms with van der Waals surface area (Å²) in [6, 6.07) is 14.2. The van der Waals surface area contributed by atoms with Crippen molar-refractivity contribution in [2.75, 3.05) is 0 Å². The van der Waals surface area contributed by atoms with Crippen molar-refractivity contribution < 1.29 is 29.1 Å². The highest BCUT2D eigenvalue weighted by molar-refractivity contribution is 5.89. The molecule has 0 heterocycles. The summed E-state index contributed by atoms with van der Waals surface area (Å²) in [5.74, 6) is -1.07. The number of benzene rings is 2. The Hall–Kier alpha value is -2.70. The van der Waals surface area contributed by atoms with Crippen LogP contribution in [0.15, 0.2) is 48.5 Å². The summed E-state index contributed by atoms with van der Waals surface area (Å²) < 4.78 is 0. The summed E-state index contributed by atoms with van der Waals surface area (Å²) in [6.45, 7) is 7.37. The standard InChI is InChI=1S/C22H26O6/c1-15-7-5-9-19(13-15)21(23)27-25-17(3)11-12-18(4)26-28-22(24)20-10-6-8-16(2)14-20/h5-10,13-14,17-18H,11-12H2,1-4H3. The van der Waals surface area contributed by atoms with Gasteiger partial charge in [0.15, 0.2) is 0 Å². The van der Waals surface area contributed by atoms with Gasteiger partial charge in [-0.05, 0) is 64.8 Å². The van der Waals surface area contributed by atoms with Crippen molar-refractivity contribution >= 4 is 11.9 Å². The summed E-state index contributed by atoms with van der Waals surface area (Å²) in [5.41, 5.74) is 2.81. The minimum absolute atomic E-state index is 0.327.